The van der Waals surface area contributed by atoms with Crippen LogP contribution in [0.4, 0.5) is 44.7 Å². The Labute approximate surface area is 863 Å². The number of anilines is 4. The molecule has 5 fully saturated rings. The number of hydrogen-bond acceptors (Lipinski definition) is 14. The number of nitrogens with one attached hydrogen (secondary N) is 3. The largest absolute Gasteiger partial charge is 0.494 e. The fraction of sp³-hybridized carbons (Fsp3) is 0.400. The number of nitrogens with zero attached hydrogens (tertiary/aromatic N) is 5. The van der Waals surface area contributed by atoms with E-state index in [1.165, 1.54) is 117 Å². The lowest BCUT2D eigenvalue weighted by molar-refractivity contribution is -0.0591. The third-order valence-corrected chi connectivity index (χ3v) is 26.2. The number of amides is 1. The fourth-order valence-electron chi connectivity index (χ4n) is 17.0. The van der Waals surface area contributed by atoms with E-state index < -0.39 is 23.3 Å². The van der Waals surface area contributed by atoms with Gasteiger partial charge in [-0.15, -0.1) is 0 Å². The first kappa shape index (κ1) is 115. The van der Waals surface area contributed by atoms with E-state index in [0.717, 1.165) is 203 Å². The number of carbonyl (C=O) groups excluding carboxylic acids is 1. The van der Waals surface area contributed by atoms with Gasteiger partial charge in [-0.1, -0.05) is 273 Å². The number of unbranched alkanes of at least 4 members (excludes halogenated alkanes) is 2. The highest BCUT2D eigenvalue weighted by Gasteiger charge is 2.31. The predicted octanol–water partition coefficient (Wildman–Crippen LogP) is 28.3. The summed E-state index contributed by atoms with van der Waals surface area (Å²) in [6.45, 7) is 38.1. The lowest BCUT2D eigenvalue weighted by atomic mass is 9.86. The smallest absolute Gasteiger partial charge is 0.253 e. The molecule has 776 valence electrons. The van der Waals surface area contributed by atoms with Gasteiger partial charge in [-0.2, -0.15) is 0 Å². The summed E-state index contributed by atoms with van der Waals surface area (Å²) in [5.41, 5.74) is 19.1. The Kier molecular flexibility index (Phi) is 51.2. The van der Waals surface area contributed by atoms with Gasteiger partial charge in [0.25, 0.3) is 5.91 Å². The van der Waals surface area contributed by atoms with Crippen molar-refractivity contribution in [2.45, 2.75) is 216 Å². The third kappa shape index (κ3) is 44.4. The summed E-state index contributed by atoms with van der Waals surface area (Å²) in [7, 11) is 1.92. The molecule has 4 heterocycles. The number of halogens is 5. The molecule has 4 saturated heterocycles. The summed E-state index contributed by atoms with van der Waals surface area (Å²) in [6, 6.07) is 97.4. The fourth-order valence-corrected chi connectivity index (χ4v) is 17.0. The number of rotatable bonds is 35. The van der Waals surface area contributed by atoms with Crippen LogP contribution in [0.5, 0.6) is 17.2 Å². The van der Waals surface area contributed by atoms with Crippen LogP contribution in [0.15, 0.2) is 309 Å². The number of ether oxygens (including phenoxy) is 6. The molecule has 0 spiro atoms. The first-order valence-corrected chi connectivity index (χ1v) is 52.4. The molecule has 145 heavy (non-hydrogen) atoms. The van der Waals surface area contributed by atoms with E-state index in [0.29, 0.717) is 44.7 Å². The van der Waals surface area contributed by atoms with Crippen LogP contribution in [0, 0.1) is 71.7 Å². The maximum absolute atomic E-state index is 13.3. The highest BCUT2D eigenvalue weighted by atomic mass is 19.1. The normalized spacial score (nSPS) is 15.3. The number of hydrogen-bond donors (Lipinski definition) is 3. The van der Waals surface area contributed by atoms with Gasteiger partial charge < -0.3 is 64.0 Å². The number of benzene rings is 12. The molecule has 15 nitrogen and oxygen atoms in total. The average Bonchev–Trinajstić information content (AvgIpc) is 1.71. The lowest BCUT2D eigenvalue weighted by Crippen LogP contribution is -2.45. The van der Waals surface area contributed by atoms with Crippen molar-refractivity contribution in [3.8, 4) is 17.2 Å². The average molecular weight is 1980 g/mol. The van der Waals surface area contributed by atoms with Crippen LogP contribution in [0.25, 0.3) is 0 Å². The molecular formula is C125H159F5N8O7. The van der Waals surface area contributed by atoms with Crippen molar-refractivity contribution < 1.29 is 55.2 Å². The molecule has 0 radical (unpaired) electrons. The second kappa shape index (κ2) is 64.7. The molecule has 1 amide bonds. The zero-order chi connectivity index (χ0) is 103. The zero-order valence-electron chi connectivity index (χ0n) is 87.8. The van der Waals surface area contributed by atoms with E-state index in [1.54, 1.807) is 6.08 Å². The highest BCUT2D eigenvalue weighted by molar-refractivity contribution is 5.94. The topological polar surface area (TPSA) is 125 Å². The first-order chi connectivity index (χ1) is 70.4. The number of allylic oxidation sites excluding steroid dienone is 2. The molecule has 2 atom stereocenters. The molecule has 1 saturated carbocycles. The summed E-state index contributed by atoms with van der Waals surface area (Å²) in [6.07, 6.45) is 18.2. The Morgan fingerprint density at radius 1 is 0.462 bits per heavy atom. The molecular weight excluding hydrogens is 1820 g/mol. The lowest BCUT2D eigenvalue weighted by Gasteiger charge is -2.36. The van der Waals surface area contributed by atoms with Gasteiger partial charge in [0.15, 0.2) is 11.6 Å². The second-order valence-electron chi connectivity index (χ2n) is 38.5. The molecule has 0 bridgehead atoms. The van der Waals surface area contributed by atoms with Crippen molar-refractivity contribution in [1.29, 1.82) is 0 Å². The van der Waals surface area contributed by atoms with Gasteiger partial charge in [0, 0.05) is 146 Å². The van der Waals surface area contributed by atoms with Crippen molar-refractivity contribution in [3.63, 3.8) is 0 Å². The summed E-state index contributed by atoms with van der Waals surface area (Å²) >= 11 is 0. The number of piperazine rings is 1. The molecule has 12 aromatic rings. The van der Waals surface area contributed by atoms with E-state index in [2.05, 4.69) is 278 Å². The van der Waals surface area contributed by atoms with Crippen LogP contribution < -0.4 is 44.9 Å². The van der Waals surface area contributed by atoms with Gasteiger partial charge in [0.05, 0.1) is 55.7 Å². The second-order valence-corrected chi connectivity index (χ2v) is 38.5. The van der Waals surface area contributed by atoms with Crippen LogP contribution in [0.2, 0.25) is 0 Å². The van der Waals surface area contributed by atoms with Crippen molar-refractivity contribution in [3.05, 3.63) is 399 Å². The Morgan fingerprint density at radius 2 is 0.945 bits per heavy atom. The molecule has 4 aliphatic heterocycles. The number of likely N-dealkylation sites (N-methyl/N-ethyl adjacent to an activating group) is 1. The van der Waals surface area contributed by atoms with Crippen molar-refractivity contribution in [1.82, 2.24) is 20.4 Å². The van der Waals surface area contributed by atoms with Crippen LogP contribution in [0.3, 0.4) is 0 Å². The molecule has 1 aliphatic carbocycles. The Balaban J connectivity index is 0.000000171. The van der Waals surface area contributed by atoms with Crippen LogP contribution in [-0.4, -0.2) is 152 Å². The molecule has 20 heteroatoms. The molecule has 12 aromatic carbocycles. The third-order valence-electron chi connectivity index (χ3n) is 26.2. The molecule has 5 aliphatic rings. The van der Waals surface area contributed by atoms with Gasteiger partial charge >= 0.3 is 0 Å². The Morgan fingerprint density at radius 3 is 1.50 bits per heavy atom. The number of aryl methyl sites for hydroxylation is 7. The summed E-state index contributed by atoms with van der Waals surface area (Å²) in [5.74, 6) is -0.112. The Hall–Kier alpha value is -12.1. The molecule has 3 N–H and O–H groups in total. The van der Waals surface area contributed by atoms with Crippen LogP contribution >= 0.6 is 0 Å². The van der Waals surface area contributed by atoms with E-state index in [9.17, 15) is 26.7 Å². The first-order valence-electron chi connectivity index (χ1n) is 52.4. The minimum atomic E-state index is -0.551. The standard InChI is InChI=1S/C19H22N2O.2C18H22N2.C17H26O2.2C16H17F2NO.C13H18O2.C8H15F/c1-15-8-10-17(11-9-15)21-13-12-18(14-21)20(2)19(22)16-6-4-3-5-7-16;1-16-7-9-17(10-8-16)15-19-11-13-20(14-12-19)18-5-3-2-4-6-18;1-15-7-9-16(10-8-15)13-19-17-11-12-20(14-17)18-5-3-2-4-6-18;1-15-7-9-16(10-8-15)18-13-6-14-19-17(2)11-4-3-5-12-17;1-12-3-6-14(7-4-12)20-10-2-9-19-16-11-13(17)5-8-15(16)18;1-12-2-4-13(5-3-12)11-19-8-9-20-16-10-14(17)6-7-15(16)18;1-11-2-4-12(5-3-11)10-15-13-6-8-14-9-7-13;1-3-5-6-7-8(9)4-2/h3-11,18H,12-14H2,1-2H3;2-10H,11-15H2,1H3;2-10,17,19H,11-14H2,1H3;7-10H,3-6,11-14H2,1-2H3;3-8,11,19H,2,9-10H2,1H3;2-7,10,19H,8-9,11H2,1H3;2-5,13H,6-10H2,1H3;7H,3-6H2,1-2H3/b;;;;;;;8-7-. The van der Waals surface area contributed by atoms with E-state index >= 15 is 0 Å². The van der Waals surface area contributed by atoms with E-state index in [4.69, 9.17) is 28.4 Å². The van der Waals surface area contributed by atoms with Gasteiger partial charge in [0.2, 0.25) is 0 Å². The predicted molar refractivity (Wildman–Crippen MR) is 589 cm³/mol. The quantitative estimate of drug-likeness (QED) is 0.0258. The van der Waals surface area contributed by atoms with Crippen LogP contribution in [0.1, 0.15) is 189 Å². The molecule has 2 unspecified atom stereocenters. The van der Waals surface area contributed by atoms with Gasteiger partial charge in [-0.3, -0.25) is 9.69 Å². The maximum Gasteiger partial charge on any atom is 0.253 e. The minimum absolute atomic E-state index is 0.0310. The van der Waals surface area contributed by atoms with Crippen LogP contribution in [-0.2, 0) is 40.5 Å². The van der Waals surface area contributed by atoms with Gasteiger partial charge in [-0.25, -0.2) is 22.0 Å². The minimum Gasteiger partial charge on any atom is -0.494 e. The highest BCUT2D eigenvalue weighted by Crippen LogP contribution is 2.32. The van der Waals surface area contributed by atoms with Gasteiger partial charge in [0.1, 0.15) is 35.6 Å². The number of carbonyl (C=O) groups is 1. The van der Waals surface area contributed by atoms with Crippen molar-refractivity contribution in [2.24, 2.45) is 0 Å². The summed E-state index contributed by atoms with van der Waals surface area (Å²) < 4.78 is 98.4. The summed E-state index contributed by atoms with van der Waals surface area (Å²) in [5, 5.41) is 9.71. The van der Waals surface area contributed by atoms with Crippen molar-refractivity contribution in [2.75, 3.05) is 132 Å². The maximum atomic E-state index is 13.3. The van der Waals surface area contributed by atoms with Gasteiger partial charge in [-0.05, 0) is 245 Å². The zero-order valence-corrected chi connectivity index (χ0v) is 87.8. The Bertz CT molecular complexity index is 5420. The molecule has 17 rings (SSSR count). The van der Waals surface area contributed by atoms with E-state index in [1.807, 2.05) is 99.4 Å². The SMILES string of the molecule is CCCC/C=C(\F)CC.Cc1ccc(CN2CCN(c3ccccc3)CC2)cc1.Cc1ccc(CNC2CCN(c3ccccc3)C2)cc1.Cc1ccc(CNCCOc2cc(F)ccc2F)cc1.Cc1ccc(COC2CCOCC2)cc1.Cc1ccc(N2CCC(N(C)C(=O)c3ccccc3)C2)cc1.Cc1ccc(OCCCNc2cc(F)ccc2F)cc1.Cc1ccc(OCCCOC2(C)CCCCC2)cc1. The number of para-hydroxylation sites is 2. The summed E-state index contributed by atoms with van der Waals surface area (Å²) in [4.78, 5) is 24.3. The monoisotopic (exact) mass is 1980 g/mol. The van der Waals surface area contributed by atoms with Crippen molar-refractivity contribution >= 4 is 28.7 Å². The molecule has 0 aromatic heterocycles. The van der Waals surface area contributed by atoms with E-state index in [-0.39, 0.29) is 41.4 Å².